The summed E-state index contributed by atoms with van der Waals surface area (Å²) in [4.78, 5) is 19.8. The van der Waals surface area contributed by atoms with E-state index >= 15 is 0 Å². The normalized spacial score (nSPS) is 17.8. The molecule has 0 radical (unpaired) electrons. The van der Waals surface area contributed by atoms with Gasteiger partial charge in [-0.1, -0.05) is 70.0 Å². The number of halogens is 1. The highest BCUT2D eigenvalue weighted by Crippen LogP contribution is 2.24. The average molecular weight is 497 g/mol. The van der Waals surface area contributed by atoms with Crippen molar-refractivity contribution in [3.63, 3.8) is 0 Å². The number of hydrogen-bond donors (Lipinski definition) is 1. The minimum absolute atomic E-state index is 0.0317. The third-order valence-electron chi connectivity index (χ3n) is 5.99. The van der Waals surface area contributed by atoms with Crippen LogP contribution < -0.4 is 5.32 Å². The van der Waals surface area contributed by atoms with Crippen molar-refractivity contribution in [3.05, 3.63) is 70.0 Å². The number of aryl methyl sites for hydroxylation is 1. The van der Waals surface area contributed by atoms with E-state index in [9.17, 15) is 4.79 Å². The van der Waals surface area contributed by atoms with E-state index in [1.54, 1.807) is 0 Å². The van der Waals surface area contributed by atoms with Gasteiger partial charge in [-0.3, -0.25) is 9.69 Å². The van der Waals surface area contributed by atoms with Gasteiger partial charge in [-0.15, -0.1) is 0 Å². The number of piperidine rings is 1. The molecule has 2 heterocycles. The maximum absolute atomic E-state index is 13.0. The fraction of sp³-hybridized carbons (Fsp3) is 0.400. The highest BCUT2D eigenvalue weighted by Gasteiger charge is 2.28. The van der Waals surface area contributed by atoms with Crippen LogP contribution in [0.1, 0.15) is 49.2 Å². The molecule has 0 saturated carbocycles. The molecule has 1 amide bonds. The van der Waals surface area contributed by atoms with Crippen LogP contribution in [-0.2, 0) is 11.3 Å². The van der Waals surface area contributed by atoms with Gasteiger partial charge in [0, 0.05) is 16.6 Å². The molecule has 4 rings (SSSR count). The van der Waals surface area contributed by atoms with Gasteiger partial charge in [0.05, 0.1) is 18.5 Å². The van der Waals surface area contributed by atoms with E-state index in [2.05, 4.69) is 74.4 Å². The predicted molar refractivity (Wildman–Crippen MR) is 128 cm³/mol. The van der Waals surface area contributed by atoms with Crippen LogP contribution in [0.15, 0.2) is 57.5 Å². The smallest absolute Gasteiger partial charge is 0.241 e. The zero-order valence-electron chi connectivity index (χ0n) is 18.6. The molecule has 7 heteroatoms. The Balaban J connectivity index is 1.36. The van der Waals surface area contributed by atoms with Crippen LogP contribution in [0.3, 0.4) is 0 Å². The Hall–Kier alpha value is -2.51. The summed E-state index contributed by atoms with van der Waals surface area (Å²) in [7, 11) is 0. The molecule has 0 bridgehead atoms. The van der Waals surface area contributed by atoms with Gasteiger partial charge in [0.15, 0.2) is 0 Å². The minimum Gasteiger partial charge on any atom is -0.349 e. The summed E-state index contributed by atoms with van der Waals surface area (Å²) in [5.74, 6) is 1.25. The van der Waals surface area contributed by atoms with Gasteiger partial charge >= 0.3 is 0 Å². The van der Waals surface area contributed by atoms with Crippen LogP contribution in [0.4, 0.5) is 0 Å². The first-order chi connectivity index (χ1) is 15.5. The molecule has 1 aromatic heterocycles. The molecule has 2 atom stereocenters. The van der Waals surface area contributed by atoms with Crippen molar-refractivity contribution in [1.29, 1.82) is 0 Å². The summed E-state index contributed by atoms with van der Waals surface area (Å²) in [6.45, 7) is 6.36. The van der Waals surface area contributed by atoms with Crippen LogP contribution in [-0.4, -0.2) is 34.0 Å². The summed E-state index contributed by atoms with van der Waals surface area (Å²) in [5.41, 5.74) is 3.29. The van der Waals surface area contributed by atoms with E-state index in [0.717, 1.165) is 41.4 Å². The molecular formula is C25H29BrN4O2. The molecular weight excluding hydrogens is 468 g/mol. The molecule has 1 fully saturated rings. The number of amides is 1. The fourth-order valence-electron chi connectivity index (χ4n) is 4.18. The third-order valence-corrected chi connectivity index (χ3v) is 6.48. The Morgan fingerprint density at radius 1 is 1.28 bits per heavy atom. The summed E-state index contributed by atoms with van der Waals surface area (Å²) < 4.78 is 6.46. The molecule has 0 spiro atoms. The van der Waals surface area contributed by atoms with Gasteiger partial charge in [0.1, 0.15) is 0 Å². The molecule has 168 valence electrons. The summed E-state index contributed by atoms with van der Waals surface area (Å²) in [6.07, 6.45) is 2.75. The van der Waals surface area contributed by atoms with Crippen molar-refractivity contribution in [2.45, 2.75) is 45.7 Å². The van der Waals surface area contributed by atoms with Crippen molar-refractivity contribution in [3.8, 4) is 11.4 Å². The quantitative estimate of drug-likeness (QED) is 0.481. The van der Waals surface area contributed by atoms with Crippen LogP contribution >= 0.6 is 15.9 Å². The lowest BCUT2D eigenvalue weighted by atomic mass is 9.95. The largest absolute Gasteiger partial charge is 0.349 e. The maximum atomic E-state index is 13.0. The van der Waals surface area contributed by atoms with Gasteiger partial charge in [-0.25, -0.2) is 0 Å². The number of hydrogen-bond acceptors (Lipinski definition) is 5. The molecule has 2 unspecified atom stereocenters. The van der Waals surface area contributed by atoms with E-state index in [0.29, 0.717) is 24.8 Å². The molecule has 2 aromatic carbocycles. The van der Waals surface area contributed by atoms with Gasteiger partial charge in [0.25, 0.3) is 0 Å². The Bertz CT molecular complexity index is 1050. The number of aromatic nitrogens is 2. The monoisotopic (exact) mass is 496 g/mol. The number of carbonyl (C=O) groups excluding carboxylic acids is 1. The fourth-order valence-corrected chi connectivity index (χ4v) is 4.58. The number of nitrogens with one attached hydrogen (secondary N) is 1. The Labute approximate surface area is 197 Å². The van der Waals surface area contributed by atoms with Gasteiger partial charge in [-0.05, 0) is 50.4 Å². The van der Waals surface area contributed by atoms with E-state index in [-0.39, 0.29) is 17.9 Å². The standard InChI is InChI=1S/C25H29BrN4O2/c1-3-22(18-11-9-17(2)10-12-18)27-25(31)20-7-5-13-30(15-20)16-23-28-24(29-32-23)19-6-4-8-21(26)14-19/h4,6,8-12,14,20,22H,3,5,7,13,15-16H2,1-2H3,(H,27,31). The highest BCUT2D eigenvalue weighted by molar-refractivity contribution is 9.10. The zero-order valence-corrected chi connectivity index (χ0v) is 20.1. The van der Waals surface area contributed by atoms with E-state index in [1.807, 2.05) is 24.3 Å². The molecule has 6 nitrogen and oxygen atoms in total. The topological polar surface area (TPSA) is 71.3 Å². The van der Waals surface area contributed by atoms with Crippen LogP contribution in [0.2, 0.25) is 0 Å². The Morgan fingerprint density at radius 3 is 2.84 bits per heavy atom. The van der Waals surface area contributed by atoms with Crippen molar-refractivity contribution in [1.82, 2.24) is 20.4 Å². The summed E-state index contributed by atoms with van der Waals surface area (Å²) in [6, 6.07) is 16.3. The van der Waals surface area contributed by atoms with E-state index < -0.39 is 0 Å². The molecule has 1 saturated heterocycles. The molecule has 1 N–H and O–H groups in total. The second-order valence-electron chi connectivity index (χ2n) is 8.48. The minimum atomic E-state index is -0.0317. The molecule has 1 aliphatic rings. The molecule has 1 aliphatic heterocycles. The number of nitrogens with zero attached hydrogens (tertiary/aromatic N) is 3. The zero-order chi connectivity index (χ0) is 22.5. The molecule has 0 aliphatic carbocycles. The van der Waals surface area contributed by atoms with Crippen molar-refractivity contribution >= 4 is 21.8 Å². The highest BCUT2D eigenvalue weighted by atomic mass is 79.9. The average Bonchev–Trinajstić information content (AvgIpc) is 3.27. The first-order valence-corrected chi connectivity index (χ1v) is 12.0. The SMILES string of the molecule is CCC(NC(=O)C1CCCN(Cc2nc(-c3cccc(Br)c3)no2)C1)c1ccc(C)cc1. The molecule has 3 aromatic rings. The second kappa shape index (κ2) is 10.4. The van der Waals surface area contributed by atoms with Crippen LogP contribution in [0, 0.1) is 12.8 Å². The first-order valence-electron chi connectivity index (χ1n) is 11.2. The summed E-state index contributed by atoms with van der Waals surface area (Å²) >= 11 is 3.47. The van der Waals surface area contributed by atoms with Crippen molar-refractivity contribution in [2.75, 3.05) is 13.1 Å². The third kappa shape index (κ3) is 5.64. The lowest BCUT2D eigenvalue weighted by Crippen LogP contribution is -2.43. The van der Waals surface area contributed by atoms with E-state index in [4.69, 9.17) is 4.52 Å². The maximum Gasteiger partial charge on any atom is 0.241 e. The van der Waals surface area contributed by atoms with Crippen molar-refractivity contribution in [2.24, 2.45) is 5.92 Å². The van der Waals surface area contributed by atoms with Crippen LogP contribution in [0.5, 0.6) is 0 Å². The van der Waals surface area contributed by atoms with Gasteiger partial charge in [0.2, 0.25) is 17.6 Å². The second-order valence-corrected chi connectivity index (χ2v) is 9.39. The lowest BCUT2D eigenvalue weighted by Gasteiger charge is -2.32. The number of likely N-dealkylation sites (tertiary alicyclic amines) is 1. The Kier molecular flexibility index (Phi) is 7.37. The predicted octanol–water partition coefficient (Wildman–Crippen LogP) is 5.29. The van der Waals surface area contributed by atoms with Gasteiger partial charge in [-0.2, -0.15) is 4.98 Å². The number of carbonyl (C=O) groups is 1. The van der Waals surface area contributed by atoms with Crippen molar-refractivity contribution < 1.29 is 9.32 Å². The van der Waals surface area contributed by atoms with Gasteiger partial charge < -0.3 is 9.84 Å². The van der Waals surface area contributed by atoms with Crippen LogP contribution in [0.25, 0.3) is 11.4 Å². The first kappa shape index (κ1) is 22.7. The summed E-state index contributed by atoms with van der Waals surface area (Å²) in [5, 5.41) is 7.39. The lowest BCUT2D eigenvalue weighted by molar-refractivity contribution is -0.127. The van der Waals surface area contributed by atoms with E-state index in [1.165, 1.54) is 5.56 Å². The number of benzene rings is 2. The number of rotatable bonds is 7. The molecule has 32 heavy (non-hydrogen) atoms. The Morgan fingerprint density at radius 2 is 2.09 bits per heavy atom.